The summed E-state index contributed by atoms with van der Waals surface area (Å²) in [5, 5.41) is 14.6. The van der Waals surface area contributed by atoms with Crippen LogP contribution in [-0.4, -0.2) is 19.9 Å². The summed E-state index contributed by atoms with van der Waals surface area (Å²) in [4.78, 5) is 14.2. The Balaban J connectivity index is 2.78. The predicted octanol–water partition coefficient (Wildman–Crippen LogP) is 2.10. The van der Waals surface area contributed by atoms with Crippen molar-refractivity contribution in [3.8, 4) is 5.88 Å². The average Bonchev–Trinajstić information content (AvgIpc) is 2.58. The zero-order valence-corrected chi connectivity index (χ0v) is 10.3. The Bertz CT molecular complexity index is 594. The Hall–Kier alpha value is -1.78. The summed E-state index contributed by atoms with van der Waals surface area (Å²) in [7, 11) is 0. The molecule has 0 radical (unpaired) electrons. The first kappa shape index (κ1) is 11.7. The SMILES string of the molecule is CCC(CC)n1nc(O)c2c(C)cc(=O)[nH]c21. The van der Waals surface area contributed by atoms with Crippen LogP contribution in [0.2, 0.25) is 0 Å². The zero-order chi connectivity index (χ0) is 12.6. The molecule has 92 valence electrons. The van der Waals surface area contributed by atoms with Gasteiger partial charge in [0, 0.05) is 6.07 Å². The van der Waals surface area contributed by atoms with Crippen molar-refractivity contribution < 1.29 is 5.11 Å². The Morgan fingerprint density at radius 1 is 1.47 bits per heavy atom. The summed E-state index contributed by atoms with van der Waals surface area (Å²) in [6, 6.07) is 1.66. The maximum absolute atomic E-state index is 11.5. The van der Waals surface area contributed by atoms with Crippen LogP contribution in [0.25, 0.3) is 11.0 Å². The van der Waals surface area contributed by atoms with Crippen LogP contribution in [0.1, 0.15) is 38.3 Å². The number of aryl methyl sites for hydroxylation is 1. The van der Waals surface area contributed by atoms with E-state index in [9.17, 15) is 9.90 Å². The molecule has 2 rings (SSSR count). The van der Waals surface area contributed by atoms with Crippen LogP contribution in [0.3, 0.4) is 0 Å². The second-order valence-corrected chi connectivity index (χ2v) is 4.28. The topological polar surface area (TPSA) is 70.9 Å². The number of nitrogens with one attached hydrogen (secondary N) is 1. The van der Waals surface area contributed by atoms with Gasteiger partial charge in [-0.05, 0) is 25.3 Å². The highest BCUT2D eigenvalue weighted by molar-refractivity contribution is 5.84. The number of fused-ring (bicyclic) bond motifs is 1. The summed E-state index contributed by atoms with van der Waals surface area (Å²) < 4.78 is 1.72. The first-order valence-corrected chi connectivity index (χ1v) is 5.89. The maximum atomic E-state index is 11.5. The predicted molar refractivity (Wildman–Crippen MR) is 66.4 cm³/mol. The third-order valence-electron chi connectivity index (χ3n) is 3.16. The van der Waals surface area contributed by atoms with Gasteiger partial charge in [0.05, 0.1) is 11.4 Å². The molecule has 0 saturated carbocycles. The largest absolute Gasteiger partial charge is 0.492 e. The molecule has 0 aliphatic rings. The Morgan fingerprint density at radius 2 is 2.12 bits per heavy atom. The van der Waals surface area contributed by atoms with Gasteiger partial charge in [0.2, 0.25) is 11.4 Å². The monoisotopic (exact) mass is 235 g/mol. The van der Waals surface area contributed by atoms with E-state index in [1.807, 2.05) is 0 Å². The number of aromatic amines is 1. The van der Waals surface area contributed by atoms with Crippen LogP contribution in [-0.2, 0) is 0 Å². The number of rotatable bonds is 3. The van der Waals surface area contributed by atoms with Gasteiger partial charge < -0.3 is 10.1 Å². The number of hydrogen-bond acceptors (Lipinski definition) is 3. The summed E-state index contributed by atoms with van der Waals surface area (Å²) in [6.07, 6.45) is 1.81. The fourth-order valence-electron chi connectivity index (χ4n) is 2.23. The van der Waals surface area contributed by atoms with Crippen molar-refractivity contribution in [1.82, 2.24) is 14.8 Å². The van der Waals surface area contributed by atoms with E-state index < -0.39 is 0 Å². The first-order valence-electron chi connectivity index (χ1n) is 5.89. The van der Waals surface area contributed by atoms with Crippen molar-refractivity contribution in [2.75, 3.05) is 0 Å². The van der Waals surface area contributed by atoms with Crippen LogP contribution in [0.5, 0.6) is 5.88 Å². The number of pyridine rings is 1. The van der Waals surface area contributed by atoms with E-state index in [1.165, 1.54) is 6.07 Å². The lowest BCUT2D eigenvalue weighted by atomic mass is 10.1. The highest BCUT2D eigenvalue weighted by Crippen LogP contribution is 2.28. The Kier molecular flexibility index (Phi) is 2.92. The van der Waals surface area contributed by atoms with E-state index in [1.54, 1.807) is 11.6 Å². The summed E-state index contributed by atoms with van der Waals surface area (Å²) in [5.41, 5.74) is 1.20. The minimum atomic E-state index is -0.165. The van der Waals surface area contributed by atoms with E-state index >= 15 is 0 Å². The molecule has 2 heterocycles. The summed E-state index contributed by atoms with van der Waals surface area (Å²) in [5.74, 6) is -0.0133. The minimum absolute atomic E-state index is 0.0133. The lowest BCUT2D eigenvalue weighted by molar-refractivity contribution is 0.398. The molecule has 2 aromatic heterocycles. The van der Waals surface area contributed by atoms with E-state index in [4.69, 9.17) is 0 Å². The van der Waals surface area contributed by atoms with Crippen molar-refractivity contribution in [2.24, 2.45) is 0 Å². The second kappa shape index (κ2) is 4.24. The van der Waals surface area contributed by atoms with Gasteiger partial charge in [-0.2, -0.15) is 0 Å². The van der Waals surface area contributed by atoms with Crippen LogP contribution >= 0.6 is 0 Å². The van der Waals surface area contributed by atoms with E-state index in [0.717, 1.165) is 18.4 Å². The van der Waals surface area contributed by atoms with Gasteiger partial charge in [-0.25, -0.2) is 4.68 Å². The molecule has 2 N–H and O–H groups in total. The summed E-state index contributed by atoms with van der Waals surface area (Å²) in [6.45, 7) is 5.93. The maximum Gasteiger partial charge on any atom is 0.249 e. The van der Waals surface area contributed by atoms with E-state index in [0.29, 0.717) is 11.0 Å². The molecule has 0 spiro atoms. The van der Waals surface area contributed by atoms with E-state index in [2.05, 4.69) is 23.9 Å². The normalized spacial score (nSPS) is 11.5. The van der Waals surface area contributed by atoms with Crippen molar-refractivity contribution in [3.05, 3.63) is 22.0 Å². The van der Waals surface area contributed by atoms with Gasteiger partial charge in [0.1, 0.15) is 5.65 Å². The lowest BCUT2D eigenvalue weighted by Gasteiger charge is -2.13. The van der Waals surface area contributed by atoms with Crippen molar-refractivity contribution in [3.63, 3.8) is 0 Å². The van der Waals surface area contributed by atoms with Crippen LogP contribution in [0.4, 0.5) is 0 Å². The molecule has 5 heteroatoms. The van der Waals surface area contributed by atoms with Gasteiger partial charge >= 0.3 is 0 Å². The number of hydrogen-bond donors (Lipinski definition) is 2. The third kappa shape index (κ3) is 1.81. The molecule has 17 heavy (non-hydrogen) atoms. The number of nitrogens with zero attached hydrogens (tertiary/aromatic N) is 2. The average molecular weight is 235 g/mol. The summed E-state index contributed by atoms with van der Waals surface area (Å²) >= 11 is 0. The fraction of sp³-hybridized carbons (Fsp3) is 0.500. The first-order chi connectivity index (χ1) is 8.08. The standard InChI is InChI=1S/C12H17N3O2/c1-4-8(5-2)15-11-10(12(17)14-15)7(3)6-9(16)13-11/h6,8H,4-5H2,1-3H3,(H,13,16)(H,14,17). The molecule has 0 amide bonds. The van der Waals surface area contributed by atoms with E-state index in [-0.39, 0.29) is 17.5 Å². The molecule has 0 fully saturated rings. The van der Waals surface area contributed by atoms with Gasteiger partial charge in [-0.3, -0.25) is 4.79 Å². The van der Waals surface area contributed by atoms with Crippen LogP contribution in [0, 0.1) is 6.92 Å². The van der Waals surface area contributed by atoms with Crippen LogP contribution in [0.15, 0.2) is 10.9 Å². The molecule has 2 aromatic rings. The zero-order valence-electron chi connectivity index (χ0n) is 10.3. The van der Waals surface area contributed by atoms with Gasteiger partial charge in [-0.15, -0.1) is 5.10 Å². The number of aromatic hydroxyl groups is 1. The fourth-order valence-corrected chi connectivity index (χ4v) is 2.23. The quantitative estimate of drug-likeness (QED) is 0.855. The molecule has 0 aromatic carbocycles. The molecule has 0 atom stereocenters. The number of H-pyrrole nitrogens is 1. The molecule has 0 aliphatic heterocycles. The van der Waals surface area contributed by atoms with Crippen molar-refractivity contribution in [2.45, 2.75) is 39.7 Å². The van der Waals surface area contributed by atoms with Crippen molar-refractivity contribution >= 4 is 11.0 Å². The molecule has 0 bridgehead atoms. The lowest BCUT2D eigenvalue weighted by Crippen LogP contribution is -2.13. The Labute approximate surface area is 99.1 Å². The molecular weight excluding hydrogens is 218 g/mol. The Morgan fingerprint density at radius 3 is 2.71 bits per heavy atom. The molecule has 0 unspecified atom stereocenters. The van der Waals surface area contributed by atoms with Gasteiger partial charge in [-0.1, -0.05) is 13.8 Å². The minimum Gasteiger partial charge on any atom is -0.492 e. The second-order valence-electron chi connectivity index (χ2n) is 4.28. The smallest absolute Gasteiger partial charge is 0.249 e. The van der Waals surface area contributed by atoms with Crippen molar-refractivity contribution in [1.29, 1.82) is 0 Å². The highest BCUT2D eigenvalue weighted by atomic mass is 16.3. The number of aromatic nitrogens is 3. The molecule has 5 nitrogen and oxygen atoms in total. The van der Waals surface area contributed by atoms with Crippen LogP contribution < -0.4 is 5.56 Å². The third-order valence-corrected chi connectivity index (χ3v) is 3.16. The van der Waals surface area contributed by atoms with Gasteiger partial charge in [0.15, 0.2) is 0 Å². The molecular formula is C12H17N3O2. The molecule has 0 saturated heterocycles. The molecule has 0 aliphatic carbocycles. The highest BCUT2D eigenvalue weighted by Gasteiger charge is 2.17. The van der Waals surface area contributed by atoms with Gasteiger partial charge in [0.25, 0.3) is 0 Å².